The van der Waals surface area contributed by atoms with Crippen molar-refractivity contribution in [3.05, 3.63) is 47.0 Å². The molecule has 1 aliphatic rings. The number of aliphatic hydroxyl groups excluding tert-OH is 1. The van der Waals surface area contributed by atoms with E-state index in [0.29, 0.717) is 0 Å². The third kappa shape index (κ3) is 3.22. The molecule has 2 aromatic rings. The number of benzene rings is 1. The molecule has 0 amide bonds. The first kappa shape index (κ1) is 19.7. The van der Waals surface area contributed by atoms with E-state index in [4.69, 9.17) is 0 Å². The fraction of sp³-hybridized carbons (Fsp3) is 0.375. The molecule has 1 aromatic heterocycles. The second-order valence-corrected chi connectivity index (χ2v) is 7.92. The van der Waals surface area contributed by atoms with Gasteiger partial charge in [0.25, 0.3) is 6.43 Å². The molecule has 0 bridgehead atoms. The lowest BCUT2D eigenvalue weighted by Crippen LogP contribution is -2.24. The second kappa shape index (κ2) is 6.86. The molecule has 148 valence electrons. The molecule has 0 radical (unpaired) electrons. The fourth-order valence-electron chi connectivity index (χ4n) is 3.12. The van der Waals surface area contributed by atoms with Crippen molar-refractivity contribution in [2.45, 2.75) is 42.2 Å². The molecule has 27 heavy (non-hydrogen) atoms. The predicted molar refractivity (Wildman–Crippen MR) is 82.1 cm³/mol. The Balaban J connectivity index is 2.28. The van der Waals surface area contributed by atoms with Crippen LogP contribution < -0.4 is 0 Å². The number of halogens is 6. The molecule has 0 fully saturated rings. The molecule has 0 saturated heterocycles. The van der Waals surface area contributed by atoms with Gasteiger partial charge in [0, 0.05) is 23.1 Å². The summed E-state index contributed by atoms with van der Waals surface area (Å²) in [4.78, 5) is -0.981. The Kier molecular flexibility index (Phi) is 5.02. The van der Waals surface area contributed by atoms with Crippen LogP contribution in [0.3, 0.4) is 0 Å². The molecule has 3 rings (SSSR count). The number of hydrogen-bond donors (Lipinski definition) is 1. The van der Waals surface area contributed by atoms with Crippen LogP contribution in [0.25, 0.3) is 5.69 Å². The van der Waals surface area contributed by atoms with Crippen LogP contribution in [0.5, 0.6) is 0 Å². The van der Waals surface area contributed by atoms with E-state index in [9.17, 15) is 39.9 Å². The van der Waals surface area contributed by atoms with E-state index in [-0.39, 0.29) is 24.2 Å². The van der Waals surface area contributed by atoms with Crippen LogP contribution >= 0.6 is 0 Å². The number of aliphatic hydroxyl groups is 1. The molecule has 4 nitrogen and oxygen atoms in total. The first-order valence-corrected chi connectivity index (χ1v) is 9.26. The molecular weight excluding hydrogens is 400 g/mol. The van der Waals surface area contributed by atoms with Crippen LogP contribution in [-0.4, -0.2) is 30.0 Å². The summed E-state index contributed by atoms with van der Waals surface area (Å²) in [5.74, 6) is -5.02. The van der Waals surface area contributed by atoms with Crippen molar-refractivity contribution in [1.82, 2.24) is 4.57 Å². The molecule has 0 spiro atoms. The maximum Gasteiger partial charge on any atom is 0.341 e. The Morgan fingerprint density at radius 2 is 1.85 bits per heavy atom. The molecule has 2 atom stereocenters. The van der Waals surface area contributed by atoms with Crippen molar-refractivity contribution < 1.29 is 39.9 Å². The van der Waals surface area contributed by atoms with Gasteiger partial charge in [0.1, 0.15) is 18.1 Å². The Labute approximate surface area is 150 Å². The van der Waals surface area contributed by atoms with Gasteiger partial charge in [0.2, 0.25) is 9.84 Å². The number of alkyl halides is 5. The Morgan fingerprint density at radius 1 is 1.19 bits per heavy atom. The van der Waals surface area contributed by atoms with Crippen molar-refractivity contribution in [2.24, 2.45) is 0 Å². The number of sulfone groups is 1. The van der Waals surface area contributed by atoms with Crippen molar-refractivity contribution in [3.63, 3.8) is 0 Å². The lowest BCUT2D eigenvalue weighted by Gasteiger charge is -2.24. The van der Waals surface area contributed by atoms with E-state index < -0.39 is 56.1 Å². The van der Waals surface area contributed by atoms with Crippen LogP contribution in [0.2, 0.25) is 0 Å². The molecule has 0 saturated carbocycles. The van der Waals surface area contributed by atoms with Gasteiger partial charge in [-0.15, -0.1) is 0 Å². The van der Waals surface area contributed by atoms with Crippen LogP contribution in [0.1, 0.15) is 35.8 Å². The van der Waals surface area contributed by atoms with Crippen LogP contribution in [-0.2, 0) is 16.3 Å². The van der Waals surface area contributed by atoms with E-state index in [2.05, 4.69) is 0 Å². The quantitative estimate of drug-likeness (QED) is 0.775. The molecule has 1 aromatic carbocycles. The molecule has 1 heterocycles. The Morgan fingerprint density at radius 3 is 2.44 bits per heavy atom. The minimum atomic E-state index is -5.20. The Bertz CT molecular complexity index is 973. The van der Waals surface area contributed by atoms with E-state index in [1.807, 2.05) is 0 Å². The predicted octanol–water partition coefficient (Wildman–Crippen LogP) is 3.87. The normalized spacial score (nSPS) is 20.3. The molecule has 0 unspecified atom stereocenters. The van der Waals surface area contributed by atoms with Gasteiger partial charge in [-0.05, 0) is 31.0 Å². The highest BCUT2D eigenvalue weighted by molar-refractivity contribution is 7.91. The van der Waals surface area contributed by atoms with E-state index >= 15 is 0 Å². The monoisotopic (exact) mass is 413 g/mol. The van der Waals surface area contributed by atoms with Crippen molar-refractivity contribution >= 4 is 9.84 Å². The summed E-state index contributed by atoms with van der Waals surface area (Å²) in [6, 6.07) is 2.52. The first-order chi connectivity index (χ1) is 12.6. The summed E-state index contributed by atoms with van der Waals surface area (Å²) < 4.78 is 104. The SMILES string of the molecule is O=S(=O)(c1cn(-c2ccc(F)c(C(F)F)c2)c2c1[C@H](O)[C@H](F)CC2)C(F)F. The molecule has 0 aliphatic heterocycles. The van der Waals surface area contributed by atoms with Gasteiger partial charge >= 0.3 is 5.76 Å². The molecule has 11 heteroatoms. The zero-order valence-electron chi connectivity index (χ0n) is 13.4. The zero-order chi connectivity index (χ0) is 20.1. The average molecular weight is 413 g/mol. The highest BCUT2D eigenvalue weighted by Crippen LogP contribution is 2.40. The highest BCUT2D eigenvalue weighted by atomic mass is 32.2. The molecule has 1 N–H and O–H groups in total. The van der Waals surface area contributed by atoms with Crippen molar-refractivity contribution in [2.75, 3.05) is 0 Å². The van der Waals surface area contributed by atoms with Crippen LogP contribution in [0.15, 0.2) is 29.3 Å². The summed E-state index contributed by atoms with van der Waals surface area (Å²) in [6.45, 7) is 0. The molecular formula is C16H13F6NO3S. The summed E-state index contributed by atoms with van der Waals surface area (Å²) in [7, 11) is -5.20. The Hall–Kier alpha value is -2.01. The highest BCUT2D eigenvalue weighted by Gasteiger charge is 2.40. The first-order valence-electron chi connectivity index (χ1n) is 7.72. The smallest absolute Gasteiger partial charge is 0.341 e. The second-order valence-electron chi connectivity index (χ2n) is 6.04. The van der Waals surface area contributed by atoms with Gasteiger partial charge in [0.05, 0.1) is 10.5 Å². The minimum Gasteiger partial charge on any atom is -0.385 e. The van der Waals surface area contributed by atoms with Gasteiger partial charge in [-0.25, -0.2) is 26.0 Å². The minimum absolute atomic E-state index is 0.0116. The van der Waals surface area contributed by atoms with E-state index in [1.165, 1.54) is 0 Å². The lowest BCUT2D eigenvalue weighted by atomic mass is 9.93. The van der Waals surface area contributed by atoms with Gasteiger partial charge in [0.15, 0.2) is 0 Å². The zero-order valence-corrected chi connectivity index (χ0v) is 14.2. The molecule has 1 aliphatic carbocycles. The maximum absolute atomic E-state index is 13.9. The fourth-order valence-corrected chi connectivity index (χ4v) is 4.11. The standard InChI is InChI=1S/C16H13F6NO3S/c17-9-2-1-7(5-8(9)15(19)20)23-6-12(27(25,26)16(21)22)13-11(23)4-3-10(18)14(13)24/h1-2,5-6,10,14-16,24H,3-4H2/t10-,14-/m1/s1. The van der Waals surface area contributed by atoms with Gasteiger partial charge in [-0.2, -0.15) is 8.78 Å². The number of rotatable bonds is 4. The van der Waals surface area contributed by atoms with E-state index in [1.54, 1.807) is 0 Å². The number of hydrogen-bond acceptors (Lipinski definition) is 3. The summed E-state index contributed by atoms with van der Waals surface area (Å²) in [6.07, 6.45) is -6.64. The third-order valence-electron chi connectivity index (χ3n) is 4.44. The van der Waals surface area contributed by atoms with Gasteiger partial charge < -0.3 is 9.67 Å². The van der Waals surface area contributed by atoms with Crippen molar-refractivity contribution in [1.29, 1.82) is 0 Å². The van der Waals surface area contributed by atoms with Crippen molar-refractivity contribution in [3.8, 4) is 5.69 Å². The largest absolute Gasteiger partial charge is 0.385 e. The summed E-state index contributed by atoms with van der Waals surface area (Å²) >= 11 is 0. The summed E-state index contributed by atoms with van der Waals surface area (Å²) in [5.41, 5.74) is -1.63. The summed E-state index contributed by atoms with van der Waals surface area (Å²) in [5, 5.41) is 10.0. The topological polar surface area (TPSA) is 59.3 Å². The van der Waals surface area contributed by atoms with Crippen LogP contribution in [0, 0.1) is 5.82 Å². The third-order valence-corrected chi connectivity index (χ3v) is 5.85. The average Bonchev–Trinajstić information content (AvgIpc) is 2.99. The van der Waals surface area contributed by atoms with E-state index in [0.717, 1.165) is 29.0 Å². The van der Waals surface area contributed by atoms with Gasteiger partial charge in [-0.3, -0.25) is 0 Å². The number of fused-ring (bicyclic) bond motifs is 1. The lowest BCUT2D eigenvalue weighted by molar-refractivity contribution is 0.0616. The van der Waals surface area contributed by atoms with Gasteiger partial charge in [-0.1, -0.05) is 0 Å². The maximum atomic E-state index is 13.9. The van der Waals surface area contributed by atoms with Crippen LogP contribution in [0.4, 0.5) is 26.3 Å². The number of nitrogens with zero attached hydrogens (tertiary/aromatic N) is 1. The number of aromatic nitrogens is 1.